The highest BCUT2D eigenvalue weighted by atomic mass is 35.5. The first-order valence-corrected chi connectivity index (χ1v) is 9.85. The molecule has 1 aromatic carbocycles. The number of carbonyl (C=O) groups is 1. The molecule has 2 heterocycles. The molecule has 3 rings (SSSR count). The van der Waals surface area contributed by atoms with E-state index in [1.54, 1.807) is 18.2 Å². The van der Waals surface area contributed by atoms with Crippen molar-refractivity contribution in [3.63, 3.8) is 0 Å². The van der Waals surface area contributed by atoms with Crippen molar-refractivity contribution in [2.24, 2.45) is 0 Å². The molecule has 1 aromatic rings. The summed E-state index contributed by atoms with van der Waals surface area (Å²) in [7, 11) is -3.43. The number of nitrogens with one attached hydrogen (secondary N) is 2. The van der Waals surface area contributed by atoms with Crippen LogP contribution in [0, 0.1) is 6.92 Å². The number of benzene rings is 1. The second kappa shape index (κ2) is 7.29. The van der Waals surface area contributed by atoms with E-state index in [-0.39, 0.29) is 18.3 Å². The Hall–Kier alpha value is -1.31. The first kappa shape index (κ1) is 19.0. The van der Waals surface area contributed by atoms with Gasteiger partial charge in [-0.25, -0.2) is 8.42 Å². The minimum Gasteiger partial charge on any atom is -0.337 e. The van der Waals surface area contributed by atoms with Crippen molar-refractivity contribution in [1.82, 2.24) is 10.2 Å². The lowest BCUT2D eigenvalue weighted by Gasteiger charge is -2.25. The molecule has 0 spiro atoms. The Morgan fingerprint density at radius 2 is 1.96 bits per heavy atom. The molecule has 134 valence electrons. The monoisotopic (exact) mass is 373 g/mol. The average Bonchev–Trinajstić information content (AvgIpc) is 2.78. The van der Waals surface area contributed by atoms with Gasteiger partial charge in [0.05, 0.1) is 17.5 Å². The summed E-state index contributed by atoms with van der Waals surface area (Å²) in [6.07, 6.45) is 4.31. The summed E-state index contributed by atoms with van der Waals surface area (Å²) in [4.78, 5) is 14.8. The summed E-state index contributed by atoms with van der Waals surface area (Å²) in [6, 6.07) is 6.07. The minimum atomic E-state index is -3.43. The van der Waals surface area contributed by atoms with Gasteiger partial charge < -0.3 is 10.2 Å². The Labute approximate surface area is 149 Å². The summed E-state index contributed by atoms with van der Waals surface area (Å²) < 4.78 is 25.6. The van der Waals surface area contributed by atoms with Crippen molar-refractivity contribution in [2.45, 2.75) is 38.3 Å². The van der Waals surface area contributed by atoms with Crippen LogP contribution in [-0.2, 0) is 10.0 Å². The van der Waals surface area contributed by atoms with Crippen molar-refractivity contribution in [1.29, 1.82) is 0 Å². The van der Waals surface area contributed by atoms with E-state index in [0.29, 0.717) is 36.4 Å². The fourth-order valence-electron chi connectivity index (χ4n) is 3.42. The molecular formula is C16H24ClN3O3S. The van der Waals surface area contributed by atoms with Crippen LogP contribution in [0.4, 0.5) is 5.69 Å². The Morgan fingerprint density at radius 1 is 1.25 bits per heavy atom. The van der Waals surface area contributed by atoms with E-state index < -0.39 is 10.0 Å². The molecule has 2 fully saturated rings. The highest BCUT2D eigenvalue weighted by molar-refractivity contribution is 7.92. The number of sulfonamides is 1. The van der Waals surface area contributed by atoms with Gasteiger partial charge in [0.25, 0.3) is 5.91 Å². The number of nitrogens with zero attached hydrogens (tertiary/aromatic N) is 1. The minimum absolute atomic E-state index is 0. The maximum atomic E-state index is 13.0. The van der Waals surface area contributed by atoms with E-state index in [4.69, 9.17) is 0 Å². The molecule has 0 aromatic heterocycles. The Balaban J connectivity index is 0.00000208. The molecule has 0 radical (unpaired) electrons. The number of rotatable bonds is 3. The van der Waals surface area contributed by atoms with Crippen molar-refractivity contribution >= 4 is 34.0 Å². The molecule has 2 atom stereocenters. The van der Waals surface area contributed by atoms with Crippen molar-refractivity contribution in [3.8, 4) is 0 Å². The van der Waals surface area contributed by atoms with E-state index in [1.165, 1.54) is 6.42 Å². The predicted octanol–water partition coefficient (Wildman–Crippen LogP) is 1.75. The number of fused-ring (bicyclic) bond motifs is 2. The van der Waals surface area contributed by atoms with Crippen LogP contribution in [-0.4, -0.2) is 50.7 Å². The van der Waals surface area contributed by atoms with Gasteiger partial charge in [0.1, 0.15) is 0 Å². The quantitative estimate of drug-likeness (QED) is 0.846. The molecule has 0 aliphatic carbocycles. The fourth-order valence-corrected chi connectivity index (χ4v) is 4.00. The molecule has 24 heavy (non-hydrogen) atoms. The van der Waals surface area contributed by atoms with Crippen LogP contribution in [0.3, 0.4) is 0 Å². The number of anilines is 1. The Morgan fingerprint density at radius 3 is 2.67 bits per heavy atom. The third-order valence-electron chi connectivity index (χ3n) is 4.51. The van der Waals surface area contributed by atoms with Crippen LogP contribution in [0.2, 0.25) is 0 Å². The number of amides is 1. The summed E-state index contributed by atoms with van der Waals surface area (Å²) in [5.74, 6) is -0.103. The SMILES string of the molecule is Cc1ccc(NS(C)(=O)=O)c(C(=O)N2CCC3CCC(C2)N3)c1.Cl. The van der Waals surface area contributed by atoms with Crippen LogP contribution in [0.1, 0.15) is 35.2 Å². The van der Waals surface area contributed by atoms with Crippen LogP contribution in [0.15, 0.2) is 18.2 Å². The number of halogens is 1. The normalized spacial score (nSPS) is 23.3. The number of aryl methyl sites for hydroxylation is 1. The molecule has 6 nitrogen and oxygen atoms in total. The Bertz CT molecular complexity index is 723. The number of carbonyl (C=O) groups excluding carboxylic acids is 1. The van der Waals surface area contributed by atoms with Crippen LogP contribution in [0.5, 0.6) is 0 Å². The van der Waals surface area contributed by atoms with Gasteiger partial charge in [0.2, 0.25) is 10.0 Å². The lowest BCUT2D eigenvalue weighted by molar-refractivity contribution is 0.0749. The van der Waals surface area contributed by atoms with Gasteiger partial charge in [-0.05, 0) is 38.3 Å². The number of likely N-dealkylation sites (tertiary alicyclic amines) is 1. The highest BCUT2D eigenvalue weighted by Crippen LogP contribution is 2.25. The zero-order chi connectivity index (χ0) is 16.6. The smallest absolute Gasteiger partial charge is 0.256 e. The van der Waals surface area contributed by atoms with Crippen molar-refractivity contribution < 1.29 is 13.2 Å². The van der Waals surface area contributed by atoms with Crippen molar-refractivity contribution in [2.75, 3.05) is 24.1 Å². The van der Waals surface area contributed by atoms with Crippen molar-refractivity contribution in [3.05, 3.63) is 29.3 Å². The molecule has 1 amide bonds. The first-order chi connectivity index (χ1) is 10.8. The second-order valence-corrected chi connectivity index (χ2v) is 8.35. The van der Waals surface area contributed by atoms with E-state index in [2.05, 4.69) is 10.0 Å². The van der Waals surface area contributed by atoms with Gasteiger partial charge in [-0.2, -0.15) is 0 Å². The summed E-state index contributed by atoms with van der Waals surface area (Å²) in [5, 5.41) is 3.55. The van der Waals surface area contributed by atoms with Crippen LogP contribution in [0.25, 0.3) is 0 Å². The first-order valence-electron chi connectivity index (χ1n) is 7.95. The average molecular weight is 374 g/mol. The van der Waals surface area contributed by atoms with Gasteiger partial charge in [0.15, 0.2) is 0 Å². The molecule has 2 aliphatic rings. The van der Waals surface area contributed by atoms with E-state index >= 15 is 0 Å². The van der Waals surface area contributed by atoms with Gasteiger partial charge in [0, 0.05) is 25.2 Å². The largest absolute Gasteiger partial charge is 0.337 e. The fraction of sp³-hybridized carbons (Fsp3) is 0.562. The third-order valence-corrected chi connectivity index (χ3v) is 5.10. The maximum absolute atomic E-state index is 13.0. The molecule has 2 bridgehead atoms. The Kier molecular flexibility index (Phi) is 5.78. The zero-order valence-corrected chi connectivity index (χ0v) is 15.5. The van der Waals surface area contributed by atoms with E-state index in [9.17, 15) is 13.2 Å². The third kappa shape index (κ3) is 4.40. The maximum Gasteiger partial charge on any atom is 0.256 e. The van der Waals surface area contributed by atoms with E-state index in [0.717, 1.165) is 24.7 Å². The molecular weight excluding hydrogens is 350 g/mol. The number of hydrogen-bond donors (Lipinski definition) is 2. The van der Waals surface area contributed by atoms with Gasteiger partial charge in [-0.3, -0.25) is 9.52 Å². The van der Waals surface area contributed by atoms with E-state index in [1.807, 2.05) is 11.8 Å². The van der Waals surface area contributed by atoms with Gasteiger partial charge in [-0.15, -0.1) is 12.4 Å². The topological polar surface area (TPSA) is 78.5 Å². The molecule has 2 saturated heterocycles. The lowest BCUT2D eigenvalue weighted by atomic mass is 10.1. The predicted molar refractivity (Wildman–Crippen MR) is 97.4 cm³/mol. The molecule has 8 heteroatoms. The number of hydrogen-bond acceptors (Lipinski definition) is 4. The molecule has 2 N–H and O–H groups in total. The van der Waals surface area contributed by atoms with Gasteiger partial charge >= 0.3 is 0 Å². The summed E-state index contributed by atoms with van der Waals surface area (Å²) >= 11 is 0. The van der Waals surface area contributed by atoms with Gasteiger partial charge in [-0.1, -0.05) is 11.6 Å². The van der Waals surface area contributed by atoms with Crippen LogP contribution >= 0.6 is 12.4 Å². The second-order valence-electron chi connectivity index (χ2n) is 6.60. The molecule has 2 aliphatic heterocycles. The molecule has 0 saturated carbocycles. The molecule has 2 unspecified atom stereocenters. The summed E-state index contributed by atoms with van der Waals surface area (Å²) in [5.41, 5.74) is 1.71. The standard InChI is InChI=1S/C16H23N3O3S.ClH/c1-11-3-6-15(18-23(2,21)22)14(9-11)16(20)19-8-7-12-4-5-13(10-19)17-12;/h3,6,9,12-13,17-18H,4-5,7-8,10H2,1-2H3;1H. The zero-order valence-electron chi connectivity index (χ0n) is 13.9. The highest BCUT2D eigenvalue weighted by Gasteiger charge is 2.32. The van der Waals surface area contributed by atoms with Crippen LogP contribution < -0.4 is 10.0 Å². The lowest BCUT2D eigenvalue weighted by Crippen LogP contribution is -2.39. The summed E-state index contributed by atoms with van der Waals surface area (Å²) in [6.45, 7) is 3.29.